The number of carbonyl (C=O) groups excluding carboxylic acids is 2. The van der Waals surface area contributed by atoms with Crippen molar-refractivity contribution in [1.82, 2.24) is 9.55 Å². The Morgan fingerprint density at radius 1 is 1.36 bits per heavy atom. The SMILES string of the molecule is COC(=O)c1sc(NC(=O)CCn2c(=O)oc3ccccc32)nc1C. The van der Waals surface area contributed by atoms with Crippen LogP contribution in [0.2, 0.25) is 0 Å². The average molecular weight is 361 g/mol. The van der Waals surface area contributed by atoms with Crippen LogP contribution in [-0.2, 0) is 16.1 Å². The molecule has 0 aliphatic carbocycles. The molecule has 1 amide bonds. The summed E-state index contributed by atoms with van der Waals surface area (Å²) in [6.45, 7) is 1.84. The van der Waals surface area contributed by atoms with Crippen molar-refractivity contribution in [3.05, 3.63) is 45.4 Å². The first-order valence-corrected chi connectivity index (χ1v) is 8.25. The number of aryl methyl sites for hydroxylation is 2. The Kier molecular flexibility index (Phi) is 4.66. The summed E-state index contributed by atoms with van der Waals surface area (Å²) in [5, 5.41) is 2.94. The van der Waals surface area contributed by atoms with E-state index >= 15 is 0 Å². The standard InChI is InChI=1S/C16H15N3O5S/c1-9-13(14(21)23-2)25-15(17-9)18-12(20)7-8-19-10-5-3-4-6-11(10)24-16(19)22/h3-6H,7-8H2,1-2H3,(H,17,18,20). The van der Waals surface area contributed by atoms with E-state index in [1.807, 2.05) is 0 Å². The molecule has 8 nitrogen and oxygen atoms in total. The van der Waals surface area contributed by atoms with Crippen LogP contribution in [-0.4, -0.2) is 28.5 Å². The maximum Gasteiger partial charge on any atom is 0.419 e. The monoisotopic (exact) mass is 361 g/mol. The highest BCUT2D eigenvalue weighted by atomic mass is 32.1. The number of oxazole rings is 1. The molecule has 25 heavy (non-hydrogen) atoms. The maximum absolute atomic E-state index is 12.1. The highest BCUT2D eigenvalue weighted by Gasteiger charge is 2.17. The second-order valence-electron chi connectivity index (χ2n) is 5.21. The molecule has 0 bridgehead atoms. The van der Waals surface area contributed by atoms with Gasteiger partial charge in [-0.3, -0.25) is 9.36 Å². The van der Waals surface area contributed by atoms with Crippen molar-refractivity contribution in [2.24, 2.45) is 0 Å². The molecule has 0 unspecified atom stereocenters. The number of rotatable bonds is 5. The number of nitrogens with one attached hydrogen (secondary N) is 1. The Bertz CT molecular complexity index is 1000. The molecule has 130 valence electrons. The van der Waals surface area contributed by atoms with Gasteiger partial charge in [-0.1, -0.05) is 23.5 Å². The van der Waals surface area contributed by atoms with Crippen LogP contribution in [0.5, 0.6) is 0 Å². The first-order valence-electron chi connectivity index (χ1n) is 7.43. The van der Waals surface area contributed by atoms with Gasteiger partial charge >= 0.3 is 11.7 Å². The van der Waals surface area contributed by atoms with Crippen molar-refractivity contribution in [2.45, 2.75) is 19.9 Å². The van der Waals surface area contributed by atoms with Crippen LogP contribution in [0.15, 0.2) is 33.5 Å². The van der Waals surface area contributed by atoms with Crippen molar-refractivity contribution < 1.29 is 18.7 Å². The summed E-state index contributed by atoms with van der Waals surface area (Å²) in [5.41, 5.74) is 1.61. The van der Waals surface area contributed by atoms with Crippen molar-refractivity contribution in [3.8, 4) is 0 Å². The molecule has 1 N–H and O–H groups in total. The third-order valence-electron chi connectivity index (χ3n) is 3.55. The summed E-state index contributed by atoms with van der Waals surface area (Å²) in [6, 6.07) is 7.01. The highest BCUT2D eigenvalue weighted by Crippen LogP contribution is 2.23. The number of aromatic nitrogens is 2. The summed E-state index contributed by atoms with van der Waals surface area (Å²) >= 11 is 1.04. The van der Waals surface area contributed by atoms with E-state index in [1.165, 1.54) is 11.7 Å². The number of para-hydroxylation sites is 2. The Labute approximate surface area is 146 Å². The van der Waals surface area contributed by atoms with Crippen LogP contribution in [0, 0.1) is 6.92 Å². The van der Waals surface area contributed by atoms with Gasteiger partial charge < -0.3 is 14.5 Å². The Morgan fingerprint density at radius 3 is 2.88 bits per heavy atom. The summed E-state index contributed by atoms with van der Waals surface area (Å²) in [4.78, 5) is 40.0. The predicted octanol–water partition coefficient (Wildman–Crippen LogP) is 2.17. The van der Waals surface area contributed by atoms with Crippen LogP contribution in [0.25, 0.3) is 11.1 Å². The molecule has 1 aromatic carbocycles. The predicted molar refractivity (Wildman–Crippen MR) is 91.9 cm³/mol. The molecular formula is C16H15N3O5S. The quantitative estimate of drug-likeness (QED) is 0.699. The van der Waals surface area contributed by atoms with Crippen LogP contribution in [0.3, 0.4) is 0 Å². The number of carbonyl (C=O) groups is 2. The molecule has 0 radical (unpaired) electrons. The number of fused-ring (bicyclic) bond motifs is 1. The molecule has 3 rings (SSSR count). The molecule has 0 saturated heterocycles. The van der Waals surface area contributed by atoms with Crippen LogP contribution in [0.1, 0.15) is 21.8 Å². The van der Waals surface area contributed by atoms with Crippen molar-refractivity contribution in [1.29, 1.82) is 0 Å². The van der Waals surface area contributed by atoms with E-state index in [0.717, 1.165) is 11.3 Å². The van der Waals surface area contributed by atoms with Gasteiger partial charge in [0.1, 0.15) is 4.88 Å². The third-order valence-corrected chi connectivity index (χ3v) is 4.60. The van der Waals surface area contributed by atoms with Crippen LogP contribution in [0.4, 0.5) is 5.13 Å². The van der Waals surface area contributed by atoms with E-state index in [1.54, 1.807) is 31.2 Å². The van der Waals surface area contributed by atoms with Gasteiger partial charge in [-0.25, -0.2) is 14.6 Å². The molecular weight excluding hydrogens is 346 g/mol. The maximum atomic E-state index is 12.1. The minimum absolute atomic E-state index is 0.0651. The highest BCUT2D eigenvalue weighted by molar-refractivity contribution is 7.17. The molecule has 3 aromatic rings. The van der Waals surface area contributed by atoms with Gasteiger partial charge in [0, 0.05) is 13.0 Å². The molecule has 0 spiro atoms. The molecule has 2 heterocycles. The van der Waals surface area contributed by atoms with E-state index in [4.69, 9.17) is 4.42 Å². The van der Waals surface area contributed by atoms with Gasteiger partial charge in [-0.05, 0) is 19.1 Å². The zero-order valence-electron chi connectivity index (χ0n) is 13.6. The fourth-order valence-corrected chi connectivity index (χ4v) is 3.25. The van der Waals surface area contributed by atoms with Gasteiger partial charge in [0.25, 0.3) is 0 Å². The number of hydrogen-bond acceptors (Lipinski definition) is 7. The van der Waals surface area contributed by atoms with Gasteiger partial charge in [-0.15, -0.1) is 0 Å². The lowest BCUT2D eigenvalue weighted by Crippen LogP contribution is -2.19. The smallest absolute Gasteiger partial charge is 0.419 e. The lowest BCUT2D eigenvalue weighted by molar-refractivity contribution is -0.116. The Morgan fingerprint density at radius 2 is 2.12 bits per heavy atom. The molecule has 0 saturated carbocycles. The summed E-state index contributed by atoms with van der Waals surface area (Å²) < 4.78 is 11.2. The number of anilines is 1. The number of amides is 1. The van der Waals surface area contributed by atoms with Crippen molar-refractivity contribution >= 4 is 39.4 Å². The fourth-order valence-electron chi connectivity index (χ4n) is 2.35. The topological polar surface area (TPSA) is 103 Å². The van der Waals surface area contributed by atoms with E-state index in [0.29, 0.717) is 26.8 Å². The van der Waals surface area contributed by atoms with Crippen molar-refractivity contribution in [3.63, 3.8) is 0 Å². The fraction of sp³-hybridized carbons (Fsp3) is 0.250. The van der Waals surface area contributed by atoms with Crippen LogP contribution < -0.4 is 11.1 Å². The lowest BCUT2D eigenvalue weighted by Gasteiger charge is -2.02. The van der Waals surface area contributed by atoms with E-state index in [9.17, 15) is 14.4 Å². The van der Waals surface area contributed by atoms with Gasteiger partial charge in [0.05, 0.1) is 18.3 Å². The number of benzene rings is 1. The van der Waals surface area contributed by atoms with E-state index in [-0.39, 0.29) is 18.9 Å². The van der Waals surface area contributed by atoms with Gasteiger partial charge in [0.2, 0.25) is 5.91 Å². The number of methoxy groups -OCH3 is 1. The Hall–Kier alpha value is -2.94. The summed E-state index contributed by atoms with van der Waals surface area (Å²) in [7, 11) is 1.28. The third kappa shape index (κ3) is 3.45. The van der Waals surface area contributed by atoms with Crippen LogP contribution >= 0.6 is 11.3 Å². The summed E-state index contributed by atoms with van der Waals surface area (Å²) in [5.74, 6) is -1.32. The molecule has 0 aliphatic rings. The molecule has 9 heteroatoms. The van der Waals surface area contributed by atoms with E-state index in [2.05, 4.69) is 15.0 Å². The van der Waals surface area contributed by atoms with Gasteiger partial charge in [0.15, 0.2) is 10.7 Å². The number of ether oxygens (including phenoxy) is 1. The normalized spacial score (nSPS) is 10.8. The van der Waals surface area contributed by atoms with E-state index < -0.39 is 11.7 Å². The molecule has 0 aliphatic heterocycles. The minimum Gasteiger partial charge on any atom is -0.465 e. The summed E-state index contributed by atoms with van der Waals surface area (Å²) in [6.07, 6.45) is 0.0651. The zero-order valence-corrected chi connectivity index (χ0v) is 14.4. The lowest BCUT2D eigenvalue weighted by atomic mass is 10.3. The van der Waals surface area contributed by atoms with Crippen molar-refractivity contribution in [2.75, 3.05) is 12.4 Å². The molecule has 2 aromatic heterocycles. The number of hydrogen-bond donors (Lipinski definition) is 1. The largest absolute Gasteiger partial charge is 0.465 e. The first kappa shape index (κ1) is 16.9. The second-order valence-corrected chi connectivity index (χ2v) is 6.21. The molecule has 0 fully saturated rings. The number of thiazole rings is 1. The minimum atomic E-state index is -0.507. The van der Waals surface area contributed by atoms with Gasteiger partial charge in [-0.2, -0.15) is 0 Å². The average Bonchev–Trinajstić information content (AvgIpc) is 3.11. The second kappa shape index (κ2) is 6.89. The Balaban J connectivity index is 1.68. The number of nitrogens with zero attached hydrogens (tertiary/aromatic N) is 2. The molecule has 0 atom stereocenters. The zero-order chi connectivity index (χ0) is 18.0. The number of esters is 1. The first-order chi connectivity index (χ1) is 12.0.